The van der Waals surface area contributed by atoms with Crippen molar-refractivity contribution in [2.45, 2.75) is 38.6 Å². The van der Waals surface area contributed by atoms with Gasteiger partial charge >= 0.3 is 6.16 Å². The van der Waals surface area contributed by atoms with Crippen LogP contribution >= 0.6 is 0 Å². The van der Waals surface area contributed by atoms with Crippen LogP contribution in [0.25, 0.3) is 0 Å². The van der Waals surface area contributed by atoms with Crippen molar-refractivity contribution in [1.29, 1.82) is 0 Å². The molecule has 1 aromatic heterocycles. The Kier molecular flexibility index (Phi) is 7.33. The molecule has 0 radical (unpaired) electrons. The second-order valence-corrected chi connectivity index (χ2v) is 9.56. The summed E-state index contributed by atoms with van der Waals surface area (Å²) >= 11 is 0. The SMILES string of the molecule is CC(C)OC(=O)OCOc1c2n(ccc1=O)N1C(c3ccccc3)c3cc(F)c(F)cc3OCC[C@H]1N(C)C2=O. The van der Waals surface area contributed by atoms with Gasteiger partial charge < -0.3 is 23.8 Å². The van der Waals surface area contributed by atoms with Crippen LogP contribution in [0.5, 0.6) is 11.5 Å². The molecule has 5 rings (SSSR count). The molecule has 0 spiro atoms. The molecule has 0 saturated carbocycles. The van der Waals surface area contributed by atoms with E-state index in [9.17, 15) is 23.2 Å². The van der Waals surface area contributed by atoms with Crippen molar-refractivity contribution in [3.8, 4) is 11.5 Å². The summed E-state index contributed by atoms with van der Waals surface area (Å²) in [5.41, 5.74) is 0.274. The van der Waals surface area contributed by atoms with E-state index in [0.717, 1.165) is 12.1 Å². The highest BCUT2D eigenvalue weighted by atomic mass is 19.2. The lowest BCUT2D eigenvalue weighted by atomic mass is 9.95. The Morgan fingerprint density at radius 3 is 2.55 bits per heavy atom. The van der Waals surface area contributed by atoms with Crippen LogP contribution in [0.3, 0.4) is 0 Å². The Morgan fingerprint density at radius 2 is 1.82 bits per heavy atom. The summed E-state index contributed by atoms with van der Waals surface area (Å²) in [6, 6.07) is 11.6. The predicted octanol–water partition coefficient (Wildman–Crippen LogP) is 3.95. The predicted molar refractivity (Wildman–Crippen MR) is 138 cm³/mol. The van der Waals surface area contributed by atoms with Gasteiger partial charge in [0.2, 0.25) is 18.0 Å². The van der Waals surface area contributed by atoms with Crippen molar-refractivity contribution in [1.82, 2.24) is 9.58 Å². The van der Waals surface area contributed by atoms with Gasteiger partial charge in [-0.25, -0.2) is 13.6 Å². The Labute approximate surface area is 228 Å². The largest absolute Gasteiger partial charge is 0.511 e. The molecule has 1 amide bonds. The topological polar surface area (TPSA) is 99.5 Å². The fourth-order valence-electron chi connectivity index (χ4n) is 4.91. The van der Waals surface area contributed by atoms with Gasteiger partial charge in [0.1, 0.15) is 18.0 Å². The van der Waals surface area contributed by atoms with Crippen LogP contribution in [0.4, 0.5) is 13.6 Å². The molecular weight excluding hydrogens is 528 g/mol. The highest BCUT2D eigenvalue weighted by Gasteiger charge is 2.43. The Bertz CT molecular complexity index is 1500. The second-order valence-electron chi connectivity index (χ2n) is 9.56. The molecule has 3 heterocycles. The van der Waals surface area contributed by atoms with E-state index in [2.05, 4.69) is 0 Å². The molecular formula is C28H27F2N3O7. The first-order valence-corrected chi connectivity index (χ1v) is 12.6. The molecule has 3 aromatic rings. The third-order valence-corrected chi connectivity index (χ3v) is 6.63. The molecule has 0 N–H and O–H groups in total. The number of carbonyl (C=O) groups is 2. The number of rotatable bonds is 5. The van der Waals surface area contributed by atoms with Gasteiger partial charge in [-0.2, -0.15) is 0 Å². The molecule has 2 aliphatic heterocycles. The summed E-state index contributed by atoms with van der Waals surface area (Å²) in [7, 11) is 1.57. The molecule has 210 valence electrons. The van der Waals surface area contributed by atoms with Gasteiger partial charge in [-0.15, -0.1) is 0 Å². The smallest absolute Gasteiger partial charge is 0.493 e. The normalized spacial score (nSPS) is 18.1. The lowest BCUT2D eigenvalue weighted by Gasteiger charge is -2.50. The van der Waals surface area contributed by atoms with Crippen molar-refractivity contribution in [3.05, 3.63) is 93.4 Å². The zero-order valence-corrected chi connectivity index (χ0v) is 22.0. The van der Waals surface area contributed by atoms with Gasteiger partial charge in [-0.3, -0.25) is 19.3 Å². The van der Waals surface area contributed by atoms with Crippen molar-refractivity contribution < 1.29 is 37.3 Å². The van der Waals surface area contributed by atoms with E-state index in [-0.39, 0.29) is 23.8 Å². The van der Waals surface area contributed by atoms with Crippen LogP contribution in [-0.4, -0.2) is 54.4 Å². The van der Waals surface area contributed by atoms with E-state index in [0.29, 0.717) is 17.5 Å². The highest BCUT2D eigenvalue weighted by molar-refractivity contribution is 5.96. The molecule has 2 aromatic carbocycles. The lowest BCUT2D eigenvalue weighted by Crippen LogP contribution is -2.62. The van der Waals surface area contributed by atoms with Gasteiger partial charge in [0.15, 0.2) is 17.3 Å². The molecule has 40 heavy (non-hydrogen) atoms. The number of benzene rings is 2. The molecule has 1 unspecified atom stereocenters. The third-order valence-electron chi connectivity index (χ3n) is 6.63. The first-order chi connectivity index (χ1) is 19.2. The van der Waals surface area contributed by atoms with Gasteiger partial charge in [0, 0.05) is 37.4 Å². The Balaban J connectivity index is 1.66. The van der Waals surface area contributed by atoms with Crippen LogP contribution in [0, 0.1) is 11.6 Å². The molecule has 0 saturated heterocycles. The van der Waals surface area contributed by atoms with Gasteiger partial charge in [0.25, 0.3) is 5.91 Å². The van der Waals surface area contributed by atoms with Crippen molar-refractivity contribution in [2.75, 3.05) is 25.5 Å². The molecule has 10 nitrogen and oxygen atoms in total. The number of nitrogens with zero attached hydrogens (tertiary/aromatic N) is 3. The Hall–Kier alpha value is -4.61. The number of hydrogen-bond donors (Lipinski definition) is 0. The van der Waals surface area contributed by atoms with Crippen LogP contribution in [0.15, 0.2) is 59.5 Å². The molecule has 0 fully saturated rings. The van der Waals surface area contributed by atoms with Crippen molar-refractivity contribution >= 4 is 12.1 Å². The third kappa shape index (κ3) is 4.92. The van der Waals surface area contributed by atoms with E-state index in [1.54, 1.807) is 38.0 Å². The number of halogens is 2. The molecule has 0 bridgehead atoms. The van der Waals surface area contributed by atoms with Gasteiger partial charge in [-0.05, 0) is 25.5 Å². The van der Waals surface area contributed by atoms with Crippen molar-refractivity contribution in [3.63, 3.8) is 0 Å². The zero-order valence-electron chi connectivity index (χ0n) is 22.0. The average molecular weight is 556 g/mol. The number of amides is 1. The van der Waals surface area contributed by atoms with Crippen LogP contribution in [0.1, 0.15) is 47.9 Å². The van der Waals surface area contributed by atoms with E-state index >= 15 is 0 Å². The summed E-state index contributed by atoms with van der Waals surface area (Å²) in [5.74, 6) is -2.83. The first-order valence-electron chi connectivity index (χ1n) is 12.6. The molecule has 0 aliphatic carbocycles. The summed E-state index contributed by atoms with van der Waals surface area (Å²) in [6.07, 6.45) is -0.312. The maximum absolute atomic E-state index is 14.7. The number of aromatic nitrogens is 1. The lowest BCUT2D eigenvalue weighted by molar-refractivity contribution is -0.00926. The van der Waals surface area contributed by atoms with Gasteiger partial charge in [-0.1, -0.05) is 30.3 Å². The number of hydrogen-bond acceptors (Lipinski definition) is 8. The number of fused-ring (bicyclic) bond motifs is 4. The molecule has 2 atom stereocenters. The summed E-state index contributed by atoms with van der Waals surface area (Å²) in [6.45, 7) is 2.70. The number of carbonyl (C=O) groups excluding carboxylic acids is 2. The van der Waals surface area contributed by atoms with Crippen LogP contribution < -0.4 is 19.9 Å². The second kappa shape index (κ2) is 10.9. The Morgan fingerprint density at radius 1 is 1.10 bits per heavy atom. The fourth-order valence-corrected chi connectivity index (χ4v) is 4.91. The molecule has 12 heteroatoms. The van der Waals surface area contributed by atoms with E-state index in [4.69, 9.17) is 18.9 Å². The summed E-state index contributed by atoms with van der Waals surface area (Å²) in [5, 5.41) is 1.80. The minimum absolute atomic E-state index is 0.100. The van der Waals surface area contributed by atoms with Crippen molar-refractivity contribution in [2.24, 2.45) is 0 Å². The average Bonchev–Trinajstić information content (AvgIpc) is 2.91. The molecule has 2 aliphatic rings. The van der Waals surface area contributed by atoms with E-state index in [1.165, 1.54) is 21.8 Å². The van der Waals surface area contributed by atoms with E-state index < -0.39 is 54.2 Å². The maximum atomic E-state index is 14.7. The maximum Gasteiger partial charge on any atom is 0.511 e. The van der Waals surface area contributed by atoms with Crippen LogP contribution in [-0.2, 0) is 9.47 Å². The van der Waals surface area contributed by atoms with Crippen LogP contribution in [0.2, 0.25) is 0 Å². The summed E-state index contributed by atoms with van der Waals surface area (Å²) in [4.78, 5) is 39.8. The highest BCUT2D eigenvalue weighted by Crippen LogP contribution is 2.41. The minimum Gasteiger partial charge on any atom is -0.493 e. The minimum atomic E-state index is -1.06. The monoisotopic (exact) mass is 555 g/mol. The fraction of sp³-hybridized carbons (Fsp3) is 0.321. The number of ether oxygens (including phenoxy) is 4. The van der Waals surface area contributed by atoms with Gasteiger partial charge in [0.05, 0.1) is 12.7 Å². The quantitative estimate of drug-likeness (QED) is 0.345. The first kappa shape index (κ1) is 27.0. The number of pyridine rings is 1. The van der Waals surface area contributed by atoms with E-state index in [1.807, 2.05) is 18.2 Å². The zero-order chi connectivity index (χ0) is 28.6. The standard InChI is InChI=1S/C28H27F2N3O7/c1-16(2)40-28(36)39-15-38-26-21(34)9-11-32-25(26)27(35)31(3)23-10-12-37-22-14-20(30)19(29)13-18(22)24(33(23)32)17-7-5-4-6-8-17/h4-9,11,13-14,16,23-24H,10,12,15H2,1-3H3/t23-,24?/m0/s1. The summed E-state index contributed by atoms with van der Waals surface area (Å²) < 4.78 is 51.6.